The van der Waals surface area contributed by atoms with Crippen LogP contribution in [0.15, 0.2) is 15.4 Å². The highest BCUT2D eigenvalue weighted by molar-refractivity contribution is 7.89. The molecule has 0 fully saturated rings. The van der Waals surface area contributed by atoms with Gasteiger partial charge in [0.25, 0.3) is 0 Å². The normalized spacial score (nSPS) is 13.8. The Labute approximate surface area is 127 Å². The molecule has 0 saturated carbocycles. The van der Waals surface area contributed by atoms with Crippen LogP contribution in [0, 0.1) is 6.92 Å². The van der Waals surface area contributed by atoms with Gasteiger partial charge in [0.15, 0.2) is 0 Å². The van der Waals surface area contributed by atoms with Crippen LogP contribution in [0.3, 0.4) is 0 Å². The first-order valence-electron chi connectivity index (χ1n) is 7.10. The van der Waals surface area contributed by atoms with Crippen LogP contribution < -0.4 is 10.0 Å². The first-order valence-corrected chi connectivity index (χ1v) is 8.58. The second-order valence-electron chi connectivity index (χ2n) is 5.47. The molecule has 1 unspecified atom stereocenters. The van der Waals surface area contributed by atoms with Crippen LogP contribution in [0.25, 0.3) is 0 Å². The zero-order chi connectivity index (χ0) is 16.0. The smallest absolute Gasteiger partial charge is 0.244 e. The highest BCUT2D eigenvalue weighted by Gasteiger charge is 2.23. The van der Waals surface area contributed by atoms with E-state index in [1.54, 1.807) is 20.1 Å². The molecule has 0 aromatic carbocycles. The minimum atomic E-state index is -3.57. The number of rotatable bonds is 9. The van der Waals surface area contributed by atoms with E-state index >= 15 is 0 Å². The van der Waals surface area contributed by atoms with Crippen LogP contribution in [-0.4, -0.2) is 34.2 Å². The summed E-state index contributed by atoms with van der Waals surface area (Å²) in [6, 6.07) is 1.69. The van der Waals surface area contributed by atoms with E-state index in [1.807, 2.05) is 20.8 Å². The Hall–Kier alpha value is -0.890. The van der Waals surface area contributed by atoms with Gasteiger partial charge < -0.3 is 14.5 Å². The third-order valence-electron chi connectivity index (χ3n) is 3.01. The summed E-state index contributed by atoms with van der Waals surface area (Å²) in [5.74, 6) is 1.02. The Morgan fingerprint density at radius 2 is 2.00 bits per heavy atom. The molecular weight excluding hydrogens is 292 g/mol. The Bertz CT molecular complexity index is 537. The van der Waals surface area contributed by atoms with Gasteiger partial charge in [0, 0.05) is 31.9 Å². The van der Waals surface area contributed by atoms with E-state index in [4.69, 9.17) is 9.15 Å². The topological polar surface area (TPSA) is 80.6 Å². The second-order valence-corrected chi connectivity index (χ2v) is 7.15. The van der Waals surface area contributed by atoms with Crippen LogP contribution in [0.4, 0.5) is 0 Å². The van der Waals surface area contributed by atoms with E-state index in [0.29, 0.717) is 37.1 Å². The van der Waals surface area contributed by atoms with E-state index in [-0.39, 0.29) is 10.9 Å². The number of nitrogens with one attached hydrogen (secondary N) is 2. The maximum absolute atomic E-state index is 12.3. The standard InChI is InChI=1S/C14H26N2O4S/c1-10(2)15-9-13-8-14(12(4)20-13)21(17,18)16-11(3)6-7-19-5/h8,10-11,15-16H,6-7,9H2,1-5H3. The van der Waals surface area contributed by atoms with Gasteiger partial charge in [0.2, 0.25) is 10.0 Å². The zero-order valence-corrected chi connectivity index (χ0v) is 14.2. The summed E-state index contributed by atoms with van der Waals surface area (Å²) >= 11 is 0. The van der Waals surface area contributed by atoms with Gasteiger partial charge in [-0.05, 0) is 20.3 Å². The quantitative estimate of drug-likeness (QED) is 0.725. The van der Waals surface area contributed by atoms with Gasteiger partial charge in [-0.2, -0.15) is 0 Å². The lowest BCUT2D eigenvalue weighted by Gasteiger charge is -2.13. The molecule has 0 radical (unpaired) electrons. The van der Waals surface area contributed by atoms with Gasteiger partial charge in [-0.25, -0.2) is 13.1 Å². The molecule has 6 nitrogen and oxygen atoms in total. The van der Waals surface area contributed by atoms with E-state index in [1.165, 1.54) is 0 Å². The average Bonchev–Trinajstić information content (AvgIpc) is 2.75. The predicted molar refractivity (Wildman–Crippen MR) is 81.7 cm³/mol. The molecule has 0 spiro atoms. The molecule has 122 valence electrons. The fourth-order valence-corrected chi connectivity index (χ4v) is 3.35. The maximum Gasteiger partial charge on any atom is 0.244 e. The first kappa shape index (κ1) is 18.2. The van der Waals surface area contributed by atoms with Gasteiger partial charge in [0.1, 0.15) is 16.4 Å². The zero-order valence-electron chi connectivity index (χ0n) is 13.4. The monoisotopic (exact) mass is 318 g/mol. The number of furan rings is 1. The number of ether oxygens (including phenoxy) is 1. The van der Waals surface area contributed by atoms with Gasteiger partial charge >= 0.3 is 0 Å². The van der Waals surface area contributed by atoms with Crippen molar-refractivity contribution in [3.8, 4) is 0 Å². The maximum atomic E-state index is 12.3. The molecule has 1 aromatic heterocycles. The van der Waals surface area contributed by atoms with E-state index in [2.05, 4.69) is 10.0 Å². The second kappa shape index (κ2) is 7.93. The third kappa shape index (κ3) is 5.78. The molecule has 21 heavy (non-hydrogen) atoms. The number of hydrogen-bond acceptors (Lipinski definition) is 5. The van der Waals surface area contributed by atoms with Crippen LogP contribution in [0.5, 0.6) is 0 Å². The highest BCUT2D eigenvalue weighted by atomic mass is 32.2. The molecule has 2 N–H and O–H groups in total. The summed E-state index contributed by atoms with van der Waals surface area (Å²) in [5, 5.41) is 3.20. The van der Waals surface area contributed by atoms with Gasteiger partial charge in [-0.15, -0.1) is 0 Å². The van der Waals surface area contributed by atoms with Crippen molar-refractivity contribution >= 4 is 10.0 Å². The van der Waals surface area contributed by atoms with Crippen LogP contribution in [-0.2, 0) is 21.3 Å². The summed E-state index contributed by atoms with van der Waals surface area (Å²) in [6.07, 6.45) is 0.619. The number of methoxy groups -OCH3 is 1. The highest BCUT2D eigenvalue weighted by Crippen LogP contribution is 2.20. The Morgan fingerprint density at radius 1 is 1.33 bits per heavy atom. The lowest BCUT2D eigenvalue weighted by molar-refractivity contribution is 0.188. The Morgan fingerprint density at radius 3 is 2.57 bits per heavy atom. The molecule has 1 heterocycles. The fourth-order valence-electron chi connectivity index (χ4n) is 1.86. The molecule has 0 aliphatic rings. The van der Waals surface area contributed by atoms with Crippen LogP contribution in [0.2, 0.25) is 0 Å². The van der Waals surface area contributed by atoms with Crippen molar-refractivity contribution in [2.45, 2.75) is 57.6 Å². The summed E-state index contributed by atoms with van der Waals surface area (Å²) in [7, 11) is -1.97. The minimum Gasteiger partial charge on any atom is -0.464 e. The average molecular weight is 318 g/mol. The SMILES string of the molecule is COCCC(C)NS(=O)(=O)c1cc(CNC(C)C)oc1C. The molecule has 0 saturated heterocycles. The van der Waals surface area contributed by atoms with Crippen molar-refractivity contribution in [1.82, 2.24) is 10.0 Å². The van der Waals surface area contributed by atoms with Crippen molar-refractivity contribution < 1.29 is 17.6 Å². The molecule has 0 aliphatic carbocycles. The minimum absolute atomic E-state index is 0.193. The summed E-state index contributed by atoms with van der Waals surface area (Å²) in [6.45, 7) is 8.53. The molecule has 0 aliphatic heterocycles. The van der Waals surface area contributed by atoms with Crippen molar-refractivity contribution in [2.75, 3.05) is 13.7 Å². The summed E-state index contributed by atoms with van der Waals surface area (Å²) in [5.41, 5.74) is 0. The number of hydrogen-bond donors (Lipinski definition) is 2. The van der Waals surface area contributed by atoms with E-state index < -0.39 is 10.0 Å². The van der Waals surface area contributed by atoms with Crippen molar-refractivity contribution in [3.05, 3.63) is 17.6 Å². The third-order valence-corrected chi connectivity index (χ3v) is 4.71. The Kier molecular flexibility index (Phi) is 6.86. The van der Waals surface area contributed by atoms with Crippen molar-refractivity contribution in [1.29, 1.82) is 0 Å². The lowest BCUT2D eigenvalue weighted by Crippen LogP contribution is -2.33. The van der Waals surface area contributed by atoms with E-state index in [9.17, 15) is 8.42 Å². The van der Waals surface area contributed by atoms with E-state index in [0.717, 1.165) is 0 Å². The fraction of sp³-hybridized carbons (Fsp3) is 0.714. The van der Waals surface area contributed by atoms with Gasteiger partial charge in [0.05, 0.1) is 6.54 Å². The van der Waals surface area contributed by atoms with Gasteiger partial charge in [-0.1, -0.05) is 13.8 Å². The van der Waals surface area contributed by atoms with Crippen LogP contribution in [0.1, 0.15) is 38.7 Å². The number of sulfonamides is 1. The largest absolute Gasteiger partial charge is 0.464 e. The molecular formula is C14H26N2O4S. The molecule has 1 aromatic rings. The first-order chi connectivity index (χ1) is 9.76. The molecule has 0 amide bonds. The summed E-state index contributed by atoms with van der Waals surface area (Å²) < 4.78 is 37.8. The lowest BCUT2D eigenvalue weighted by atomic mass is 10.3. The molecule has 1 atom stereocenters. The van der Waals surface area contributed by atoms with Crippen molar-refractivity contribution in [2.24, 2.45) is 0 Å². The van der Waals surface area contributed by atoms with Crippen LogP contribution >= 0.6 is 0 Å². The Balaban J connectivity index is 2.78. The van der Waals surface area contributed by atoms with Gasteiger partial charge in [-0.3, -0.25) is 0 Å². The van der Waals surface area contributed by atoms with Crippen molar-refractivity contribution in [3.63, 3.8) is 0 Å². The number of aryl methyl sites for hydroxylation is 1. The molecule has 0 bridgehead atoms. The predicted octanol–water partition coefficient (Wildman–Crippen LogP) is 1.79. The molecule has 1 rings (SSSR count). The summed E-state index contributed by atoms with van der Waals surface area (Å²) in [4.78, 5) is 0.201. The molecule has 7 heteroatoms.